The zero-order valence-electron chi connectivity index (χ0n) is 23.9. The van der Waals surface area contributed by atoms with Crippen molar-refractivity contribution in [3.8, 4) is 28.5 Å². The highest BCUT2D eigenvalue weighted by Crippen LogP contribution is 2.48. The van der Waals surface area contributed by atoms with Crippen molar-refractivity contribution in [2.75, 3.05) is 12.0 Å². The van der Waals surface area contributed by atoms with Gasteiger partial charge in [-0.1, -0.05) is 13.3 Å². The lowest BCUT2D eigenvalue weighted by molar-refractivity contribution is -0.140. The molecular weight excluding hydrogens is 545 g/mol. The minimum Gasteiger partial charge on any atom is -0.480 e. The van der Waals surface area contributed by atoms with Gasteiger partial charge in [0.2, 0.25) is 5.88 Å². The lowest BCUT2D eigenvalue weighted by atomic mass is 9.93. The van der Waals surface area contributed by atoms with Crippen LogP contribution in [0.3, 0.4) is 0 Å². The maximum Gasteiger partial charge on any atom is 0.434 e. The summed E-state index contributed by atoms with van der Waals surface area (Å²) < 4.78 is 49.1. The normalized spacial score (nSPS) is 18.8. The number of methoxy groups -OCH3 is 1. The summed E-state index contributed by atoms with van der Waals surface area (Å²) in [5, 5.41) is 5.22. The van der Waals surface area contributed by atoms with E-state index in [1.54, 1.807) is 32.7 Å². The number of hydrogen-bond acceptors (Lipinski definition) is 7. The summed E-state index contributed by atoms with van der Waals surface area (Å²) in [5.74, 6) is 1.94. The molecule has 220 valence electrons. The Bertz CT molecular complexity index is 1620. The van der Waals surface area contributed by atoms with E-state index in [9.17, 15) is 13.2 Å². The van der Waals surface area contributed by atoms with Crippen molar-refractivity contribution in [1.29, 1.82) is 0 Å². The van der Waals surface area contributed by atoms with Crippen LogP contribution in [0, 0.1) is 0 Å². The minimum atomic E-state index is -4.50. The molecule has 1 unspecified atom stereocenters. The molecule has 0 aromatic carbocycles. The molecule has 0 amide bonds. The van der Waals surface area contributed by atoms with E-state index in [-0.39, 0.29) is 11.9 Å². The van der Waals surface area contributed by atoms with Gasteiger partial charge in [0, 0.05) is 61.2 Å². The first-order chi connectivity index (χ1) is 20.3. The summed E-state index contributed by atoms with van der Waals surface area (Å²) in [6.07, 6.45) is 6.96. The Morgan fingerprint density at radius 1 is 1.07 bits per heavy atom. The van der Waals surface area contributed by atoms with Crippen molar-refractivity contribution < 1.29 is 17.9 Å². The fourth-order valence-electron chi connectivity index (χ4n) is 6.19. The van der Waals surface area contributed by atoms with Crippen molar-refractivity contribution in [1.82, 2.24) is 34.3 Å². The molecule has 0 spiro atoms. The number of aromatic nitrogens is 7. The molecule has 2 fully saturated rings. The Hall–Kier alpha value is -3.96. The van der Waals surface area contributed by atoms with Crippen molar-refractivity contribution in [3.63, 3.8) is 0 Å². The lowest BCUT2D eigenvalue weighted by Crippen LogP contribution is -2.41. The van der Waals surface area contributed by atoms with Crippen LogP contribution in [0.25, 0.3) is 22.6 Å². The molecule has 9 nitrogen and oxygen atoms in total. The van der Waals surface area contributed by atoms with Crippen molar-refractivity contribution >= 4 is 5.82 Å². The van der Waals surface area contributed by atoms with Gasteiger partial charge in [-0.25, -0.2) is 19.9 Å². The third kappa shape index (κ3) is 4.70. The molecule has 12 heteroatoms. The largest absolute Gasteiger partial charge is 0.480 e. The number of imidazole rings is 1. The molecule has 5 heterocycles. The monoisotopic (exact) mass is 578 g/mol. The van der Waals surface area contributed by atoms with Crippen LogP contribution in [0.15, 0.2) is 30.9 Å². The Morgan fingerprint density at radius 3 is 2.50 bits per heavy atom. The number of aryl methyl sites for hydroxylation is 1. The molecule has 7 rings (SSSR count). The van der Waals surface area contributed by atoms with Gasteiger partial charge in [-0.2, -0.15) is 18.3 Å². The highest BCUT2D eigenvalue weighted by molar-refractivity contribution is 5.73. The van der Waals surface area contributed by atoms with Crippen molar-refractivity contribution in [2.24, 2.45) is 7.05 Å². The number of anilines is 1. The highest BCUT2D eigenvalue weighted by Gasteiger charge is 2.40. The van der Waals surface area contributed by atoms with Gasteiger partial charge in [0.1, 0.15) is 23.7 Å². The average molecular weight is 579 g/mol. The number of fused-ring (bicyclic) bond motifs is 1. The van der Waals surface area contributed by atoms with Gasteiger partial charge in [-0.15, -0.1) is 0 Å². The maximum absolute atomic E-state index is 13.3. The van der Waals surface area contributed by atoms with Gasteiger partial charge >= 0.3 is 6.18 Å². The Labute approximate surface area is 241 Å². The van der Waals surface area contributed by atoms with E-state index in [1.807, 2.05) is 6.07 Å². The van der Waals surface area contributed by atoms with Gasteiger partial charge in [-0.05, 0) is 44.2 Å². The van der Waals surface area contributed by atoms with Gasteiger partial charge < -0.3 is 14.2 Å². The van der Waals surface area contributed by atoms with Crippen LogP contribution in [0.1, 0.15) is 80.1 Å². The molecule has 3 aliphatic rings. The second-order valence-electron chi connectivity index (χ2n) is 11.6. The van der Waals surface area contributed by atoms with Crippen molar-refractivity contribution in [2.45, 2.75) is 82.6 Å². The lowest BCUT2D eigenvalue weighted by Gasteiger charge is -2.37. The maximum atomic E-state index is 13.3. The van der Waals surface area contributed by atoms with E-state index in [1.165, 1.54) is 10.3 Å². The van der Waals surface area contributed by atoms with E-state index >= 15 is 0 Å². The van der Waals surface area contributed by atoms with E-state index in [0.717, 1.165) is 79.5 Å². The van der Waals surface area contributed by atoms with Crippen LogP contribution >= 0.6 is 0 Å². The molecule has 42 heavy (non-hydrogen) atoms. The van der Waals surface area contributed by atoms with Crippen LogP contribution in [0.5, 0.6) is 5.88 Å². The number of halogens is 3. The van der Waals surface area contributed by atoms with Gasteiger partial charge in [0.05, 0.1) is 24.4 Å². The van der Waals surface area contributed by atoms with E-state index in [2.05, 4.69) is 31.5 Å². The predicted octanol–water partition coefficient (Wildman–Crippen LogP) is 6.11. The van der Waals surface area contributed by atoms with Gasteiger partial charge in [-0.3, -0.25) is 4.68 Å². The molecule has 0 bridgehead atoms. The Balaban J connectivity index is 1.28. The average Bonchev–Trinajstić information content (AvgIpc) is 3.92. The van der Waals surface area contributed by atoms with Crippen molar-refractivity contribution in [3.05, 3.63) is 53.5 Å². The number of pyridine rings is 1. The SMILES string of the molecule is CCCC1Cc2c(c(-c3c(OC)ncnc3C3CC3)nn2C2CC2)CN1c1ccc(-c2nc(C(F)(F)F)cn2C)cn1. The number of rotatable bonds is 8. The fraction of sp³-hybridized carbons (Fsp3) is 0.500. The first kappa shape index (κ1) is 26.9. The highest BCUT2D eigenvalue weighted by atomic mass is 19.4. The molecule has 0 N–H and O–H groups in total. The number of hydrogen-bond donors (Lipinski definition) is 0. The van der Waals surface area contributed by atoms with Crippen LogP contribution in [-0.2, 0) is 26.2 Å². The molecule has 4 aromatic rings. The molecule has 0 radical (unpaired) electrons. The smallest absolute Gasteiger partial charge is 0.434 e. The topological polar surface area (TPSA) is 86.8 Å². The van der Waals surface area contributed by atoms with Gasteiger partial charge in [0.25, 0.3) is 0 Å². The fourth-order valence-corrected chi connectivity index (χ4v) is 6.19. The van der Waals surface area contributed by atoms with Crippen LogP contribution in [0.4, 0.5) is 19.0 Å². The first-order valence-corrected chi connectivity index (χ1v) is 14.6. The quantitative estimate of drug-likeness (QED) is 0.249. The summed E-state index contributed by atoms with van der Waals surface area (Å²) in [6, 6.07) is 4.32. The summed E-state index contributed by atoms with van der Waals surface area (Å²) in [4.78, 5) is 20.0. The molecule has 4 aromatic heterocycles. The summed E-state index contributed by atoms with van der Waals surface area (Å²) >= 11 is 0. The number of ether oxygens (including phenoxy) is 1. The third-order valence-electron chi connectivity index (χ3n) is 8.53. The molecule has 1 atom stereocenters. The second-order valence-corrected chi connectivity index (χ2v) is 11.6. The molecule has 1 aliphatic heterocycles. The third-order valence-corrected chi connectivity index (χ3v) is 8.53. The van der Waals surface area contributed by atoms with E-state index in [0.29, 0.717) is 29.9 Å². The number of nitrogens with zero attached hydrogens (tertiary/aromatic N) is 8. The molecule has 0 saturated heterocycles. The predicted molar refractivity (Wildman–Crippen MR) is 150 cm³/mol. The Kier molecular flexibility index (Phi) is 6.47. The molecule has 2 saturated carbocycles. The molecular formula is C30H33F3N8O. The van der Waals surface area contributed by atoms with Crippen LogP contribution < -0.4 is 9.64 Å². The zero-order chi connectivity index (χ0) is 29.2. The van der Waals surface area contributed by atoms with Crippen LogP contribution in [0.2, 0.25) is 0 Å². The summed E-state index contributed by atoms with van der Waals surface area (Å²) in [6.45, 7) is 2.79. The summed E-state index contributed by atoms with van der Waals surface area (Å²) in [5.41, 5.74) is 4.81. The second kappa shape index (κ2) is 10.1. The van der Waals surface area contributed by atoms with E-state index < -0.39 is 11.9 Å². The summed E-state index contributed by atoms with van der Waals surface area (Å²) in [7, 11) is 3.20. The van der Waals surface area contributed by atoms with Gasteiger partial charge in [0.15, 0.2) is 5.69 Å². The van der Waals surface area contributed by atoms with Crippen LogP contribution in [-0.4, -0.2) is 47.4 Å². The van der Waals surface area contributed by atoms with E-state index in [4.69, 9.17) is 14.8 Å². The minimum absolute atomic E-state index is 0.213. The first-order valence-electron chi connectivity index (χ1n) is 14.6. The Morgan fingerprint density at radius 2 is 1.88 bits per heavy atom. The standard InChI is InChI=1S/C30H33F3N8O/c1-4-5-20-12-22-21(14-40(20)24-11-8-18(13-34-24)28-37-23(15-39(28)2)30(31,32)33)27(38-41(22)19-9-10-19)25-26(17-6-7-17)35-16-36-29(25)42-3/h8,11,13,15-17,19-20H,4-7,9-10,12,14H2,1-3H3. The zero-order valence-corrected chi connectivity index (χ0v) is 23.9. The number of alkyl halides is 3. The molecule has 2 aliphatic carbocycles.